The molecule has 4 nitrogen and oxygen atoms in total. The molecular weight excluding hydrogens is 192 g/mol. The van der Waals surface area contributed by atoms with Gasteiger partial charge in [0.05, 0.1) is 7.11 Å². The number of ether oxygens (including phenoxy) is 1. The molecule has 0 aromatic heterocycles. The first-order valence-electron chi connectivity index (χ1n) is 4.31. The van der Waals surface area contributed by atoms with E-state index in [2.05, 4.69) is 9.53 Å². The molecule has 76 valence electrons. The molecule has 1 aromatic rings. The third-order valence-corrected chi connectivity index (χ3v) is 1.74. The van der Waals surface area contributed by atoms with Crippen molar-refractivity contribution in [3.8, 4) is 0 Å². The van der Waals surface area contributed by atoms with Gasteiger partial charge in [-0.05, 0) is 11.6 Å². The van der Waals surface area contributed by atoms with Gasteiger partial charge in [-0.25, -0.2) is 4.79 Å². The van der Waals surface area contributed by atoms with E-state index in [9.17, 15) is 4.79 Å². The van der Waals surface area contributed by atoms with Gasteiger partial charge in [-0.2, -0.15) is 4.79 Å². The lowest BCUT2D eigenvalue weighted by molar-refractivity contribution is -0.137. The maximum absolute atomic E-state index is 11.0. The minimum Gasteiger partial charge on any atom is -0.460 e. The molecule has 0 unspecified atom stereocenters. The van der Waals surface area contributed by atoms with Gasteiger partial charge in [-0.1, -0.05) is 30.3 Å². The van der Waals surface area contributed by atoms with Crippen molar-refractivity contribution in [3.63, 3.8) is 0 Å². The number of hydrogen-bond donors (Lipinski definition) is 0. The second-order valence-electron chi connectivity index (χ2n) is 2.72. The summed E-state index contributed by atoms with van der Waals surface area (Å²) in [5.74, 6) is -0.676. The molecule has 4 heteroatoms. The van der Waals surface area contributed by atoms with Crippen LogP contribution in [0.5, 0.6) is 0 Å². The number of methoxy groups -OCH3 is 1. The van der Waals surface area contributed by atoms with Crippen LogP contribution in [0.15, 0.2) is 36.4 Å². The molecule has 1 rings (SSSR count). The zero-order valence-electron chi connectivity index (χ0n) is 8.25. The zero-order valence-corrected chi connectivity index (χ0v) is 8.25. The number of esters is 1. The van der Waals surface area contributed by atoms with Crippen LogP contribution in [0, 0.1) is 0 Å². The van der Waals surface area contributed by atoms with Crippen molar-refractivity contribution in [1.82, 2.24) is 0 Å². The Hall–Kier alpha value is -2.19. The smallest absolute Gasteiger partial charge is 0.421 e. The van der Waals surface area contributed by atoms with Crippen LogP contribution in [0.1, 0.15) is 5.56 Å². The molecule has 0 N–H and O–H groups in total. The van der Waals surface area contributed by atoms with Gasteiger partial charge in [0, 0.05) is 6.08 Å². The van der Waals surface area contributed by atoms with E-state index < -0.39 is 5.97 Å². The number of rotatable bonds is 3. The summed E-state index contributed by atoms with van der Waals surface area (Å²) >= 11 is 0. The lowest BCUT2D eigenvalue weighted by Gasteiger charge is -1.90. The van der Waals surface area contributed by atoms with E-state index in [-0.39, 0.29) is 5.71 Å². The maximum Gasteiger partial charge on any atom is 0.421 e. The van der Waals surface area contributed by atoms with Crippen LogP contribution in [-0.2, 0) is 9.53 Å². The first-order chi connectivity index (χ1) is 7.27. The summed E-state index contributed by atoms with van der Waals surface area (Å²) in [5, 5.41) is 0. The fraction of sp³-hybridized carbons (Fsp3) is 0.0909. The molecular formula is C11H10N2O2. The van der Waals surface area contributed by atoms with Crippen molar-refractivity contribution >= 4 is 17.8 Å². The van der Waals surface area contributed by atoms with Crippen molar-refractivity contribution in [2.24, 2.45) is 0 Å². The van der Waals surface area contributed by atoms with Gasteiger partial charge < -0.3 is 10.3 Å². The summed E-state index contributed by atoms with van der Waals surface area (Å²) in [7, 11) is 1.23. The standard InChI is InChI=1S/C11H10N2O2/c1-15-11(14)10(13-12)8-7-9-5-3-2-4-6-9/h2-8H,1H3. The van der Waals surface area contributed by atoms with Crippen LogP contribution in [-0.4, -0.2) is 23.6 Å². The highest BCUT2D eigenvalue weighted by Crippen LogP contribution is 2.00. The second-order valence-corrected chi connectivity index (χ2v) is 2.72. The number of hydrogen-bond acceptors (Lipinski definition) is 2. The van der Waals surface area contributed by atoms with Gasteiger partial charge >= 0.3 is 11.7 Å². The highest BCUT2D eigenvalue weighted by atomic mass is 16.5. The molecule has 0 spiro atoms. The molecule has 0 atom stereocenters. The van der Waals surface area contributed by atoms with E-state index in [0.29, 0.717) is 0 Å². The average molecular weight is 202 g/mol. The Labute approximate surface area is 87.4 Å². The van der Waals surface area contributed by atoms with Gasteiger partial charge in [0.1, 0.15) is 0 Å². The van der Waals surface area contributed by atoms with E-state index in [4.69, 9.17) is 5.53 Å². The van der Waals surface area contributed by atoms with E-state index in [1.54, 1.807) is 6.08 Å². The molecule has 0 aliphatic carbocycles. The second kappa shape index (κ2) is 5.52. The van der Waals surface area contributed by atoms with E-state index in [1.165, 1.54) is 13.2 Å². The molecule has 1 aromatic carbocycles. The fourth-order valence-electron chi connectivity index (χ4n) is 0.986. The minimum absolute atomic E-state index is 0.138. The SMILES string of the molecule is COC(=O)C(C=Cc1ccccc1)=[N+]=[N-]. The van der Waals surface area contributed by atoms with Crippen LogP contribution >= 0.6 is 0 Å². The molecule has 0 aliphatic heterocycles. The third kappa shape index (κ3) is 3.21. The Kier molecular flexibility index (Phi) is 4.01. The van der Waals surface area contributed by atoms with Crippen LogP contribution in [0.4, 0.5) is 0 Å². The summed E-state index contributed by atoms with van der Waals surface area (Å²) in [6, 6.07) is 9.35. The molecule has 15 heavy (non-hydrogen) atoms. The van der Waals surface area contributed by atoms with Crippen molar-refractivity contribution in [3.05, 3.63) is 47.5 Å². The molecule has 0 saturated heterocycles. The monoisotopic (exact) mass is 202 g/mol. The van der Waals surface area contributed by atoms with Crippen molar-refractivity contribution < 1.29 is 14.3 Å². The first-order valence-corrected chi connectivity index (χ1v) is 4.31. The number of nitrogens with zero attached hydrogens (tertiary/aromatic N) is 2. The molecule has 0 saturated carbocycles. The van der Waals surface area contributed by atoms with Crippen molar-refractivity contribution in [1.29, 1.82) is 0 Å². The normalized spacial score (nSPS) is 9.67. The lowest BCUT2D eigenvalue weighted by atomic mass is 10.2. The Morgan fingerprint density at radius 1 is 1.40 bits per heavy atom. The summed E-state index contributed by atoms with van der Waals surface area (Å²) in [6.45, 7) is 0. The minimum atomic E-state index is -0.676. The molecule has 0 amide bonds. The van der Waals surface area contributed by atoms with Crippen molar-refractivity contribution in [2.75, 3.05) is 7.11 Å². The quantitative estimate of drug-likeness (QED) is 0.323. The molecule has 0 radical (unpaired) electrons. The highest BCUT2D eigenvalue weighted by Gasteiger charge is 2.15. The summed E-state index contributed by atoms with van der Waals surface area (Å²) in [4.78, 5) is 13.8. The molecule has 0 heterocycles. The number of carbonyl (C=O) groups is 1. The van der Waals surface area contributed by atoms with E-state index in [1.807, 2.05) is 30.3 Å². The lowest BCUT2D eigenvalue weighted by Crippen LogP contribution is -2.13. The highest BCUT2D eigenvalue weighted by molar-refractivity contribution is 6.39. The first kappa shape index (κ1) is 10.9. The van der Waals surface area contributed by atoms with E-state index >= 15 is 0 Å². The largest absolute Gasteiger partial charge is 0.460 e. The summed E-state index contributed by atoms with van der Waals surface area (Å²) in [5.41, 5.74) is 9.31. The Balaban J connectivity index is 2.81. The fourth-order valence-corrected chi connectivity index (χ4v) is 0.986. The maximum atomic E-state index is 11.0. The van der Waals surface area contributed by atoms with Crippen LogP contribution in [0.3, 0.4) is 0 Å². The average Bonchev–Trinajstić information content (AvgIpc) is 2.31. The molecule has 0 bridgehead atoms. The predicted molar refractivity (Wildman–Crippen MR) is 56.1 cm³/mol. The van der Waals surface area contributed by atoms with Crippen LogP contribution in [0.2, 0.25) is 0 Å². The van der Waals surface area contributed by atoms with E-state index in [0.717, 1.165) is 5.56 Å². The zero-order chi connectivity index (χ0) is 11.1. The number of benzene rings is 1. The Bertz CT molecular complexity index is 417. The summed E-state index contributed by atoms with van der Waals surface area (Å²) in [6.07, 6.45) is 3.05. The summed E-state index contributed by atoms with van der Waals surface area (Å²) < 4.78 is 4.41. The van der Waals surface area contributed by atoms with Crippen molar-refractivity contribution in [2.45, 2.75) is 0 Å². The van der Waals surface area contributed by atoms with Crippen LogP contribution < -0.4 is 0 Å². The topological polar surface area (TPSA) is 62.7 Å². The molecule has 0 aliphatic rings. The van der Waals surface area contributed by atoms with Gasteiger partial charge in [0.25, 0.3) is 0 Å². The van der Waals surface area contributed by atoms with Gasteiger partial charge in [0.2, 0.25) is 0 Å². The third-order valence-electron chi connectivity index (χ3n) is 1.74. The Morgan fingerprint density at radius 2 is 2.07 bits per heavy atom. The Morgan fingerprint density at radius 3 is 2.60 bits per heavy atom. The molecule has 0 fully saturated rings. The van der Waals surface area contributed by atoms with Gasteiger partial charge in [-0.3, -0.25) is 0 Å². The van der Waals surface area contributed by atoms with Gasteiger partial charge in [-0.15, -0.1) is 0 Å². The predicted octanol–water partition coefficient (Wildman–Crippen LogP) is 1.54. The van der Waals surface area contributed by atoms with Crippen LogP contribution in [0.25, 0.3) is 11.6 Å². The van der Waals surface area contributed by atoms with Gasteiger partial charge in [0.15, 0.2) is 0 Å². The number of carbonyl (C=O) groups excluding carboxylic acids is 1.